The molecule has 0 amide bonds. The minimum Gasteiger partial charge on any atom is -0.466 e. The van der Waals surface area contributed by atoms with E-state index in [2.05, 4.69) is 14.7 Å². The van der Waals surface area contributed by atoms with Crippen molar-refractivity contribution in [3.05, 3.63) is 35.9 Å². The topological polar surface area (TPSA) is 129 Å². The first-order valence-corrected chi connectivity index (χ1v) is 5.31. The number of benzene rings is 1. The molecule has 1 rings (SSSR count). The summed E-state index contributed by atoms with van der Waals surface area (Å²) in [4.78, 5) is 18.7. The van der Waals surface area contributed by atoms with E-state index in [0.717, 1.165) is 0 Å². The molecule has 0 heterocycles. The zero-order chi connectivity index (χ0) is 14.3. The number of aliphatic imine (C=N–C) groups is 2. The molecule has 0 unspecified atom stereocenters. The van der Waals surface area contributed by atoms with Crippen LogP contribution in [0.4, 0.5) is 5.69 Å². The number of guanidine groups is 2. The number of nitrogens with two attached hydrogens (primary N) is 3. The van der Waals surface area contributed by atoms with Crippen molar-refractivity contribution in [2.24, 2.45) is 27.2 Å². The first kappa shape index (κ1) is 14.2. The molecule has 7 nitrogen and oxygen atoms in total. The highest BCUT2D eigenvalue weighted by Crippen LogP contribution is 2.20. The second kappa shape index (κ2) is 6.80. The van der Waals surface area contributed by atoms with E-state index >= 15 is 0 Å². The van der Waals surface area contributed by atoms with Gasteiger partial charge < -0.3 is 21.9 Å². The van der Waals surface area contributed by atoms with Crippen molar-refractivity contribution in [3.63, 3.8) is 0 Å². The minimum absolute atomic E-state index is 0.0704. The van der Waals surface area contributed by atoms with Crippen LogP contribution in [-0.2, 0) is 9.53 Å². The predicted octanol–water partition coefficient (Wildman–Crippen LogP) is 0.0924. The molecule has 0 spiro atoms. The van der Waals surface area contributed by atoms with Gasteiger partial charge in [-0.1, -0.05) is 18.2 Å². The Hall–Kier alpha value is -2.83. The van der Waals surface area contributed by atoms with Gasteiger partial charge >= 0.3 is 5.97 Å². The van der Waals surface area contributed by atoms with Gasteiger partial charge in [0.25, 0.3) is 0 Å². The molecule has 0 atom stereocenters. The van der Waals surface area contributed by atoms with E-state index in [4.69, 9.17) is 17.2 Å². The van der Waals surface area contributed by atoms with Crippen LogP contribution in [0.3, 0.4) is 0 Å². The summed E-state index contributed by atoms with van der Waals surface area (Å²) >= 11 is 0. The number of hydrogen-bond acceptors (Lipinski definition) is 3. The van der Waals surface area contributed by atoms with Crippen molar-refractivity contribution >= 4 is 29.7 Å². The van der Waals surface area contributed by atoms with Crippen LogP contribution in [0.2, 0.25) is 0 Å². The van der Waals surface area contributed by atoms with Gasteiger partial charge in [0, 0.05) is 11.6 Å². The third-order valence-electron chi connectivity index (χ3n) is 2.02. The van der Waals surface area contributed by atoms with Gasteiger partial charge in [-0.15, -0.1) is 0 Å². The monoisotopic (exact) mass is 261 g/mol. The van der Waals surface area contributed by atoms with Crippen LogP contribution in [0.1, 0.15) is 5.56 Å². The molecule has 1 aromatic rings. The Kier molecular flexibility index (Phi) is 5.09. The number of rotatable bonds is 3. The van der Waals surface area contributed by atoms with E-state index in [9.17, 15) is 4.79 Å². The van der Waals surface area contributed by atoms with E-state index in [0.29, 0.717) is 11.3 Å². The van der Waals surface area contributed by atoms with E-state index < -0.39 is 5.97 Å². The van der Waals surface area contributed by atoms with Crippen LogP contribution in [0.5, 0.6) is 0 Å². The predicted molar refractivity (Wildman–Crippen MR) is 74.6 cm³/mol. The first-order valence-electron chi connectivity index (χ1n) is 5.31. The Balaban J connectivity index is 3.06. The van der Waals surface area contributed by atoms with Gasteiger partial charge in [0.2, 0.25) is 5.96 Å². The van der Waals surface area contributed by atoms with Gasteiger partial charge in [-0.2, -0.15) is 4.99 Å². The van der Waals surface area contributed by atoms with Crippen LogP contribution >= 0.6 is 0 Å². The molecule has 1 aromatic carbocycles. The number of methoxy groups -OCH3 is 1. The maximum Gasteiger partial charge on any atom is 0.330 e. The lowest BCUT2D eigenvalue weighted by Gasteiger charge is -2.01. The number of ether oxygens (including phenoxy) is 1. The largest absolute Gasteiger partial charge is 0.466 e. The second-order valence-corrected chi connectivity index (χ2v) is 3.42. The first-order chi connectivity index (χ1) is 9.02. The number of para-hydroxylation sites is 1. The Morgan fingerprint density at radius 1 is 1.26 bits per heavy atom. The van der Waals surface area contributed by atoms with Crippen molar-refractivity contribution in [2.45, 2.75) is 0 Å². The summed E-state index contributed by atoms with van der Waals surface area (Å²) in [6.07, 6.45) is 2.85. The molecule has 6 N–H and O–H groups in total. The average Bonchev–Trinajstić information content (AvgIpc) is 2.36. The third kappa shape index (κ3) is 4.90. The fourth-order valence-corrected chi connectivity index (χ4v) is 1.24. The standard InChI is InChI=1S/C12H15N5O2/c1-19-10(18)7-6-8-4-2-3-5-9(8)16-12(15)17-11(13)14/h2-7H,1H3,(H6,13,14,15,16,17). The Morgan fingerprint density at radius 2 is 1.95 bits per heavy atom. The SMILES string of the molecule is COC(=O)C=Cc1ccccc1N=C(N)N=C(N)N. The molecule has 0 bridgehead atoms. The fraction of sp³-hybridized carbons (Fsp3) is 0.0833. The van der Waals surface area contributed by atoms with Crippen molar-refractivity contribution in [1.29, 1.82) is 0 Å². The van der Waals surface area contributed by atoms with Crippen molar-refractivity contribution in [3.8, 4) is 0 Å². The van der Waals surface area contributed by atoms with Crippen molar-refractivity contribution in [2.75, 3.05) is 7.11 Å². The number of nitrogens with zero attached hydrogens (tertiary/aromatic N) is 2. The molecule has 0 aliphatic carbocycles. The smallest absolute Gasteiger partial charge is 0.330 e. The fourth-order valence-electron chi connectivity index (χ4n) is 1.24. The van der Waals surface area contributed by atoms with Crippen LogP contribution in [0.15, 0.2) is 40.3 Å². The summed E-state index contributed by atoms with van der Waals surface area (Å²) in [6.45, 7) is 0. The van der Waals surface area contributed by atoms with E-state index in [1.165, 1.54) is 13.2 Å². The highest BCUT2D eigenvalue weighted by molar-refractivity contribution is 5.94. The molecular weight excluding hydrogens is 246 g/mol. The van der Waals surface area contributed by atoms with Crippen LogP contribution in [0.25, 0.3) is 6.08 Å². The zero-order valence-corrected chi connectivity index (χ0v) is 10.4. The van der Waals surface area contributed by atoms with Gasteiger partial charge in [0.05, 0.1) is 12.8 Å². The summed E-state index contributed by atoms with van der Waals surface area (Å²) < 4.78 is 4.50. The summed E-state index contributed by atoms with van der Waals surface area (Å²) in [5.41, 5.74) is 17.1. The summed E-state index contributed by atoms with van der Waals surface area (Å²) in [7, 11) is 1.30. The van der Waals surface area contributed by atoms with E-state index in [-0.39, 0.29) is 11.9 Å². The normalized spacial score (nSPS) is 11.3. The summed E-state index contributed by atoms with van der Waals surface area (Å²) in [5.74, 6) is -0.710. The van der Waals surface area contributed by atoms with Crippen molar-refractivity contribution in [1.82, 2.24) is 0 Å². The van der Waals surface area contributed by atoms with Crippen molar-refractivity contribution < 1.29 is 9.53 Å². The molecule has 0 aromatic heterocycles. The molecule has 0 fully saturated rings. The van der Waals surface area contributed by atoms with Crippen LogP contribution in [0, 0.1) is 0 Å². The maximum atomic E-state index is 11.0. The average molecular weight is 261 g/mol. The summed E-state index contributed by atoms with van der Waals surface area (Å²) in [5, 5.41) is 0. The van der Waals surface area contributed by atoms with Gasteiger partial charge in [0.1, 0.15) is 0 Å². The molecule has 0 saturated carbocycles. The third-order valence-corrected chi connectivity index (χ3v) is 2.02. The van der Waals surface area contributed by atoms with Gasteiger partial charge in [-0.05, 0) is 12.1 Å². The quantitative estimate of drug-likeness (QED) is 0.307. The lowest BCUT2D eigenvalue weighted by molar-refractivity contribution is -0.134. The molecule has 100 valence electrons. The Bertz CT molecular complexity index is 545. The Labute approximate surface area is 110 Å². The van der Waals surface area contributed by atoms with Gasteiger partial charge in [-0.3, -0.25) is 0 Å². The van der Waals surface area contributed by atoms with E-state index in [1.54, 1.807) is 30.3 Å². The second-order valence-electron chi connectivity index (χ2n) is 3.42. The van der Waals surface area contributed by atoms with Gasteiger partial charge in [0.15, 0.2) is 5.96 Å². The maximum absolute atomic E-state index is 11.0. The van der Waals surface area contributed by atoms with Crippen LogP contribution in [-0.4, -0.2) is 25.0 Å². The zero-order valence-electron chi connectivity index (χ0n) is 10.4. The number of carbonyl (C=O) groups is 1. The molecule has 0 aliphatic heterocycles. The molecular formula is C12H15N5O2. The summed E-state index contributed by atoms with van der Waals surface area (Å²) in [6, 6.07) is 7.05. The number of esters is 1. The molecule has 0 aliphatic rings. The highest BCUT2D eigenvalue weighted by atomic mass is 16.5. The minimum atomic E-state index is -0.462. The molecule has 0 radical (unpaired) electrons. The number of hydrogen-bond donors (Lipinski definition) is 3. The molecule has 19 heavy (non-hydrogen) atoms. The van der Waals surface area contributed by atoms with Gasteiger partial charge in [-0.25, -0.2) is 9.79 Å². The Morgan fingerprint density at radius 3 is 2.58 bits per heavy atom. The lowest BCUT2D eigenvalue weighted by atomic mass is 10.1. The number of carbonyl (C=O) groups excluding carboxylic acids is 1. The van der Waals surface area contributed by atoms with Crippen LogP contribution < -0.4 is 17.2 Å². The molecule has 7 heteroatoms. The highest BCUT2D eigenvalue weighted by Gasteiger charge is 1.99. The molecule has 0 saturated heterocycles. The lowest BCUT2D eigenvalue weighted by Crippen LogP contribution is -2.26. The van der Waals surface area contributed by atoms with E-state index in [1.807, 2.05) is 0 Å².